The number of nitrogens with zero attached hydrogens (tertiary/aromatic N) is 2. The highest BCUT2D eigenvalue weighted by molar-refractivity contribution is 9.10. The lowest BCUT2D eigenvalue weighted by Gasteiger charge is -2.04. The van der Waals surface area contributed by atoms with Crippen molar-refractivity contribution in [1.82, 2.24) is 9.97 Å². The number of carbonyl (C=O) groups excluding carboxylic acids is 1. The molecule has 0 aliphatic rings. The number of carbonyl (C=O) groups is 1. The van der Waals surface area contributed by atoms with Crippen molar-refractivity contribution >= 4 is 21.7 Å². The van der Waals surface area contributed by atoms with Crippen molar-refractivity contribution in [3.05, 3.63) is 58.1 Å². The van der Waals surface area contributed by atoms with Crippen LogP contribution in [0.4, 0.5) is 8.78 Å². The molecule has 0 aliphatic heterocycles. The van der Waals surface area contributed by atoms with Gasteiger partial charge in [-0.25, -0.2) is 13.8 Å². The molecule has 0 radical (unpaired) electrons. The van der Waals surface area contributed by atoms with Crippen LogP contribution in [0.25, 0.3) is 0 Å². The van der Waals surface area contributed by atoms with Crippen LogP contribution in [0.15, 0.2) is 35.2 Å². The third-order valence-corrected chi connectivity index (χ3v) is 2.85. The Bertz CT molecular complexity index is 575. The van der Waals surface area contributed by atoms with E-state index in [9.17, 15) is 13.6 Å². The van der Waals surface area contributed by atoms with Gasteiger partial charge in [0.2, 0.25) is 5.78 Å². The molecule has 0 N–H and O–H groups in total. The lowest BCUT2D eigenvalue weighted by molar-refractivity contribution is 0.103. The number of rotatable bonds is 2. The molecule has 2 aromatic rings. The molecule has 0 atom stereocenters. The van der Waals surface area contributed by atoms with Gasteiger partial charge < -0.3 is 0 Å². The van der Waals surface area contributed by atoms with Crippen LogP contribution in [0.3, 0.4) is 0 Å². The first kappa shape index (κ1) is 11.8. The van der Waals surface area contributed by atoms with Gasteiger partial charge in [-0.15, -0.1) is 0 Å². The fraction of sp³-hybridized carbons (Fsp3) is 0. The van der Waals surface area contributed by atoms with Crippen molar-refractivity contribution in [2.45, 2.75) is 0 Å². The summed E-state index contributed by atoms with van der Waals surface area (Å²) in [6.45, 7) is 0. The monoisotopic (exact) mass is 298 g/mol. The number of hydrogen-bond acceptors (Lipinski definition) is 3. The Balaban J connectivity index is 2.49. The molecular weight excluding hydrogens is 294 g/mol. The topological polar surface area (TPSA) is 42.9 Å². The van der Waals surface area contributed by atoms with E-state index in [4.69, 9.17) is 0 Å². The van der Waals surface area contributed by atoms with Crippen molar-refractivity contribution in [2.24, 2.45) is 0 Å². The van der Waals surface area contributed by atoms with Crippen LogP contribution in [0.2, 0.25) is 0 Å². The second kappa shape index (κ2) is 4.67. The highest BCUT2D eigenvalue weighted by Gasteiger charge is 2.18. The summed E-state index contributed by atoms with van der Waals surface area (Å²) in [6.07, 6.45) is 4.02. The maximum Gasteiger partial charge on any atom is 0.214 e. The molecule has 0 amide bonds. The molecule has 2 rings (SSSR count). The number of halogens is 3. The first-order chi connectivity index (χ1) is 8.11. The molecule has 0 saturated carbocycles. The van der Waals surface area contributed by atoms with Crippen LogP contribution in [0.5, 0.6) is 0 Å². The van der Waals surface area contributed by atoms with E-state index in [0.29, 0.717) is 0 Å². The van der Waals surface area contributed by atoms with Crippen LogP contribution in [0, 0.1) is 11.6 Å². The van der Waals surface area contributed by atoms with Crippen molar-refractivity contribution in [3.8, 4) is 0 Å². The molecular formula is C11H5BrF2N2O. The molecule has 0 saturated heterocycles. The van der Waals surface area contributed by atoms with E-state index in [-0.39, 0.29) is 15.7 Å². The average molecular weight is 299 g/mol. The van der Waals surface area contributed by atoms with Gasteiger partial charge >= 0.3 is 0 Å². The Kier molecular flexibility index (Phi) is 3.23. The minimum atomic E-state index is -1.10. The molecule has 1 aromatic carbocycles. The Morgan fingerprint density at radius 1 is 1.24 bits per heavy atom. The van der Waals surface area contributed by atoms with Crippen LogP contribution < -0.4 is 0 Å². The number of benzene rings is 1. The second-order valence-corrected chi connectivity index (χ2v) is 3.94. The van der Waals surface area contributed by atoms with Crippen LogP contribution in [-0.4, -0.2) is 15.8 Å². The van der Waals surface area contributed by atoms with Crippen molar-refractivity contribution in [2.75, 3.05) is 0 Å². The summed E-state index contributed by atoms with van der Waals surface area (Å²) in [4.78, 5) is 19.4. The molecule has 0 bridgehead atoms. The van der Waals surface area contributed by atoms with Gasteiger partial charge in [0.05, 0.1) is 10.7 Å². The highest BCUT2D eigenvalue weighted by atomic mass is 79.9. The number of aromatic nitrogens is 2. The molecule has 0 fully saturated rings. The molecule has 3 nitrogen and oxygen atoms in total. The molecule has 1 heterocycles. The third kappa shape index (κ3) is 2.21. The predicted molar refractivity (Wildman–Crippen MR) is 59.5 cm³/mol. The summed E-state index contributed by atoms with van der Waals surface area (Å²) in [5, 5.41) is 0. The van der Waals surface area contributed by atoms with Gasteiger partial charge in [-0.05, 0) is 28.1 Å². The number of ketones is 1. The zero-order valence-corrected chi connectivity index (χ0v) is 9.91. The summed E-state index contributed by atoms with van der Waals surface area (Å²) in [6, 6.07) is 2.09. The van der Waals surface area contributed by atoms with E-state index in [0.717, 1.165) is 6.07 Å². The van der Waals surface area contributed by atoms with Gasteiger partial charge in [0.15, 0.2) is 11.6 Å². The second-order valence-electron chi connectivity index (χ2n) is 3.14. The minimum Gasteiger partial charge on any atom is -0.287 e. The van der Waals surface area contributed by atoms with E-state index in [1.165, 1.54) is 24.7 Å². The predicted octanol–water partition coefficient (Wildman–Crippen LogP) is 2.75. The molecule has 17 heavy (non-hydrogen) atoms. The fourth-order valence-electron chi connectivity index (χ4n) is 1.26. The van der Waals surface area contributed by atoms with Crippen molar-refractivity contribution in [1.29, 1.82) is 0 Å². The van der Waals surface area contributed by atoms with Gasteiger partial charge in [-0.2, -0.15) is 0 Å². The fourth-order valence-corrected chi connectivity index (χ4v) is 1.76. The smallest absolute Gasteiger partial charge is 0.214 e. The minimum absolute atomic E-state index is 0.00407. The molecule has 6 heteroatoms. The maximum absolute atomic E-state index is 13.3. The Labute approximate surface area is 104 Å². The quantitative estimate of drug-likeness (QED) is 0.632. The molecule has 1 aromatic heterocycles. The van der Waals surface area contributed by atoms with E-state index >= 15 is 0 Å². The first-order valence-electron chi connectivity index (χ1n) is 4.55. The Hall–Kier alpha value is -1.69. The van der Waals surface area contributed by atoms with Gasteiger partial charge in [0, 0.05) is 18.0 Å². The highest BCUT2D eigenvalue weighted by Crippen LogP contribution is 2.24. The van der Waals surface area contributed by atoms with E-state index in [1.54, 1.807) is 0 Å². The number of hydrogen-bond donors (Lipinski definition) is 0. The van der Waals surface area contributed by atoms with Gasteiger partial charge in [-0.1, -0.05) is 0 Å². The Morgan fingerprint density at radius 2 is 2.00 bits per heavy atom. The van der Waals surface area contributed by atoms with Crippen LogP contribution >= 0.6 is 15.9 Å². The normalized spacial score (nSPS) is 10.3. The van der Waals surface area contributed by atoms with E-state index in [2.05, 4.69) is 25.9 Å². The zero-order chi connectivity index (χ0) is 12.4. The molecule has 0 unspecified atom stereocenters. The zero-order valence-electron chi connectivity index (χ0n) is 8.32. The van der Waals surface area contributed by atoms with E-state index < -0.39 is 17.4 Å². The summed E-state index contributed by atoms with van der Waals surface area (Å²) >= 11 is 2.84. The summed E-state index contributed by atoms with van der Waals surface area (Å²) < 4.78 is 25.9. The largest absolute Gasteiger partial charge is 0.287 e. The third-order valence-electron chi connectivity index (χ3n) is 2.08. The average Bonchev–Trinajstić information content (AvgIpc) is 2.36. The van der Waals surface area contributed by atoms with Crippen molar-refractivity contribution < 1.29 is 13.6 Å². The standard InChI is InChI=1S/C11H5BrF2N2O/c12-9-6(1-2-7(13)10(9)14)11(17)8-5-15-3-4-16-8/h1-5H. The van der Waals surface area contributed by atoms with E-state index in [1.807, 2.05) is 0 Å². The SMILES string of the molecule is O=C(c1cnccn1)c1ccc(F)c(F)c1Br. The van der Waals surface area contributed by atoms with Crippen LogP contribution in [0.1, 0.15) is 16.1 Å². The first-order valence-corrected chi connectivity index (χ1v) is 5.34. The molecule has 86 valence electrons. The maximum atomic E-state index is 13.3. The Morgan fingerprint density at radius 3 is 2.65 bits per heavy atom. The van der Waals surface area contributed by atoms with Gasteiger partial charge in [0.1, 0.15) is 5.69 Å². The summed E-state index contributed by atoms with van der Waals surface area (Å²) in [5.41, 5.74) is 0.0728. The lowest BCUT2D eigenvalue weighted by Crippen LogP contribution is -2.06. The van der Waals surface area contributed by atoms with Crippen molar-refractivity contribution in [3.63, 3.8) is 0 Å². The summed E-state index contributed by atoms with van der Waals surface area (Å²) in [5.74, 6) is -2.64. The lowest BCUT2D eigenvalue weighted by atomic mass is 10.1. The molecule has 0 spiro atoms. The molecule has 0 aliphatic carbocycles. The van der Waals surface area contributed by atoms with Gasteiger partial charge in [-0.3, -0.25) is 9.78 Å². The van der Waals surface area contributed by atoms with Crippen LogP contribution in [-0.2, 0) is 0 Å². The summed E-state index contributed by atoms with van der Waals surface area (Å²) in [7, 11) is 0. The van der Waals surface area contributed by atoms with Gasteiger partial charge in [0.25, 0.3) is 0 Å².